The molecule has 0 radical (unpaired) electrons. The van der Waals surface area contributed by atoms with Gasteiger partial charge in [0.1, 0.15) is 5.78 Å². The standard InChI is InChI=1S/C27H47N3O6S/c1-15(2)22(31)12-9-19(25(34)16(3)4)28-23(32)13-10-20(26(35)17(5)6)29-24(33)14-11-21(30-37)27(36)18(7)8/h15-21,30,37H,9-14H2,1-8H3,(H,28,32)(H,29,33). The molecule has 37 heavy (non-hydrogen) atoms. The number of thiol groups is 1. The predicted molar refractivity (Wildman–Crippen MR) is 147 cm³/mol. The van der Waals surface area contributed by atoms with Gasteiger partial charge in [0, 0.05) is 42.9 Å². The predicted octanol–water partition coefficient (Wildman–Crippen LogP) is 3.00. The molecule has 0 aliphatic heterocycles. The van der Waals surface area contributed by atoms with Gasteiger partial charge in [0.15, 0.2) is 17.3 Å². The Balaban J connectivity index is 5.19. The number of carbonyl (C=O) groups is 6. The van der Waals surface area contributed by atoms with Crippen molar-refractivity contribution in [1.29, 1.82) is 0 Å². The molecule has 0 aromatic heterocycles. The number of ketones is 4. The quantitative estimate of drug-likeness (QED) is 0.184. The highest BCUT2D eigenvalue weighted by Crippen LogP contribution is 2.13. The van der Waals surface area contributed by atoms with Crippen LogP contribution < -0.4 is 15.4 Å². The van der Waals surface area contributed by atoms with E-state index in [1.807, 2.05) is 0 Å². The van der Waals surface area contributed by atoms with E-state index in [1.165, 1.54) is 0 Å². The van der Waals surface area contributed by atoms with E-state index in [2.05, 4.69) is 28.2 Å². The van der Waals surface area contributed by atoms with Crippen molar-refractivity contribution in [2.75, 3.05) is 0 Å². The lowest BCUT2D eigenvalue weighted by Crippen LogP contribution is -2.46. The van der Waals surface area contributed by atoms with Crippen LogP contribution in [0.2, 0.25) is 0 Å². The summed E-state index contributed by atoms with van der Waals surface area (Å²) in [7, 11) is 0. The van der Waals surface area contributed by atoms with Gasteiger partial charge in [0.25, 0.3) is 0 Å². The molecular formula is C27H47N3O6S. The van der Waals surface area contributed by atoms with Crippen molar-refractivity contribution in [3.05, 3.63) is 0 Å². The summed E-state index contributed by atoms with van der Waals surface area (Å²) in [5.74, 6) is -2.26. The first-order chi connectivity index (χ1) is 17.1. The van der Waals surface area contributed by atoms with E-state index in [9.17, 15) is 28.8 Å². The molecule has 0 bridgehead atoms. The average Bonchev–Trinajstić information content (AvgIpc) is 2.82. The molecule has 0 rings (SSSR count). The van der Waals surface area contributed by atoms with Crippen LogP contribution in [0.5, 0.6) is 0 Å². The Kier molecular flexibility index (Phi) is 16.5. The van der Waals surface area contributed by atoms with Crippen LogP contribution in [0.25, 0.3) is 0 Å². The number of amides is 2. The second-order valence-electron chi connectivity index (χ2n) is 10.8. The largest absolute Gasteiger partial charge is 0.346 e. The fourth-order valence-electron chi connectivity index (χ4n) is 3.71. The SMILES string of the molecule is CC(C)C(=O)CCC(NC(=O)CCC(NC(=O)CCC(NS)C(=O)C(C)C)C(=O)C(C)C)C(=O)C(C)C. The molecule has 212 valence electrons. The molecule has 3 unspecified atom stereocenters. The smallest absolute Gasteiger partial charge is 0.220 e. The zero-order valence-electron chi connectivity index (χ0n) is 23.7. The summed E-state index contributed by atoms with van der Waals surface area (Å²) in [4.78, 5) is 74.9. The third kappa shape index (κ3) is 13.3. The van der Waals surface area contributed by atoms with Crippen LogP contribution in [-0.2, 0) is 28.8 Å². The second-order valence-corrected chi connectivity index (χ2v) is 11.1. The summed E-state index contributed by atoms with van der Waals surface area (Å²) >= 11 is 3.98. The maximum absolute atomic E-state index is 12.7. The van der Waals surface area contributed by atoms with Gasteiger partial charge in [-0.25, -0.2) is 0 Å². The highest BCUT2D eigenvalue weighted by atomic mass is 32.1. The first-order valence-electron chi connectivity index (χ1n) is 13.2. The molecule has 0 saturated carbocycles. The molecule has 0 aliphatic rings. The van der Waals surface area contributed by atoms with Crippen molar-refractivity contribution in [2.24, 2.45) is 23.7 Å². The summed E-state index contributed by atoms with van der Waals surface area (Å²) in [6.07, 6.45) is 0.647. The van der Waals surface area contributed by atoms with Crippen LogP contribution in [0.15, 0.2) is 0 Å². The van der Waals surface area contributed by atoms with Crippen molar-refractivity contribution in [1.82, 2.24) is 15.4 Å². The van der Waals surface area contributed by atoms with Gasteiger partial charge in [0.05, 0.1) is 18.1 Å². The van der Waals surface area contributed by atoms with Crippen LogP contribution in [0.4, 0.5) is 0 Å². The Labute approximate surface area is 227 Å². The Hall–Kier alpha value is -2.07. The monoisotopic (exact) mass is 541 g/mol. The van der Waals surface area contributed by atoms with Crippen molar-refractivity contribution in [3.63, 3.8) is 0 Å². The Morgan fingerprint density at radius 2 is 0.838 bits per heavy atom. The van der Waals surface area contributed by atoms with Crippen LogP contribution >= 0.6 is 12.8 Å². The molecule has 3 N–H and O–H groups in total. The van der Waals surface area contributed by atoms with E-state index in [1.54, 1.807) is 55.4 Å². The number of rotatable bonds is 19. The van der Waals surface area contributed by atoms with Crippen molar-refractivity contribution < 1.29 is 28.8 Å². The van der Waals surface area contributed by atoms with E-state index in [0.29, 0.717) is 0 Å². The Bertz CT molecular complexity index is 810. The van der Waals surface area contributed by atoms with Crippen molar-refractivity contribution >= 4 is 47.8 Å². The highest BCUT2D eigenvalue weighted by Gasteiger charge is 2.28. The number of nitrogens with one attached hydrogen (secondary N) is 3. The molecule has 0 saturated heterocycles. The molecule has 10 heteroatoms. The minimum absolute atomic E-state index is 0.0135. The number of Topliss-reactive ketones (excluding diaryl/α,β-unsaturated/α-hetero) is 4. The molecule has 0 fully saturated rings. The third-order valence-corrected chi connectivity index (χ3v) is 6.52. The van der Waals surface area contributed by atoms with Crippen LogP contribution in [0.1, 0.15) is 93.9 Å². The zero-order valence-corrected chi connectivity index (χ0v) is 24.6. The molecule has 0 aromatic rings. The van der Waals surface area contributed by atoms with E-state index in [0.717, 1.165) is 0 Å². The van der Waals surface area contributed by atoms with Crippen molar-refractivity contribution in [3.8, 4) is 0 Å². The molecule has 9 nitrogen and oxygen atoms in total. The van der Waals surface area contributed by atoms with Gasteiger partial charge in [-0.05, 0) is 19.3 Å². The zero-order chi connectivity index (χ0) is 28.9. The molecule has 3 atom stereocenters. The lowest BCUT2D eigenvalue weighted by Gasteiger charge is -2.22. The van der Waals surface area contributed by atoms with Gasteiger partial charge >= 0.3 is 0 Å². The van der Waals surface area contributed by atoms with Gasteiger partial charge in [-0.3, -0.25) is 33.5 Å². The molecule has 0 aliphatic carbocycles. The van der Waals surface area contributed by atoms with Gasteiger partial charge in [-0.2, -0.15) is 0 Å². The second kappa shape index (κ2) is 17.4. The average molecular weight is 542 g/mol. The number of carbonyl (C=O) groups excluding carboxylic acids is 6. The summed E-state index contributed by atoms with van der Waals surface area (Å²) in [6, 6.07) is -2.24. The lowest BCUT2D eigenvalue weighted by molar-refractivity contribution is -0.132. The summed E-state index contributed by atoms with van der Waals surface area (Å²) in [5.41, 5.74) is 0. The first-order valence-corrected chi connectivity index (χ1v) is 13.7. The maximum atomic E-state index is 12.7. The fraction of sp³-hybridized carbons (Fsp3) is 0.778. The molecule has 0 aromatic carbocycles. The molecule has 2 amide bonds. The Morgan fingerprint density at radius 1 is 0.514 bits per heavy atom. The first kappa shape index (κ1) is 34.9. The lowest BCUT2D eigenvalue weighted by atomic mass is 9.94. The van der Waals surface area contributed by atoms with E-state index in [-0.39, 0.29) is 85.3 Å². The minimum atomic E-state index is -0.872. The van der Waals surface area contributed by atoms with E-state index in [4.69, 9.17) is 0 Å². The van der Waals surface area contributed by atoms with Gasteiger partial charge in [-0.15, -0.1) is 0 Å². The van der Waals surface area contributed by atoms with Gasteiger partial charge in [-0.1, -0.05) is 68.2 Å². The summed E-state index contributed by atoms with van der Waals surface area (Å²) in [6.45, 7) is 14.0. The van der Waals surface area contributed by atoms with Crippen LogP contribution in [-0.4, -0.2) is 53.1 Å². The maximum Gasteiger partial charge on any atom is 0.220 e. The van der Waals surface area contributed by atoms with E-state index < -0.39 is 29.9 Å². The fourth-order valence-corrected chi connectivity index (χ4v) is 3.96. The van der Waals surface area contributed by atoms with Gasteiger partial charge < -0.3 is 10.6 Å². The number of hydrogen-bond acceptors (Lipinski definition) is 8. The van der Waals surface area contributed by atoms with Crippen LogP contribution in [0, 0.1) is 23.7 Å². The Morgan fingerprint density at radius 3 is 1.16 bits per heavy atom. The third-order valence-electron chi connectivity index (χ3n) is 6.21. The topological polar surface area (TPSA) is 139 Å². The molecule has 0 heterocycles. The minimum Gasteiger partial charge on any atom is -0.346 e. The number of hydrogen-bond donors (Lipinski definition) is 4. The molecular weight excluding hydrogens is 494 g/mol. The summed E-state index contributed by atoms with van der Waals surface area (Å²) in [5, 5.41) is 5.42. The molecule has 0 spiro atoms. The van der Waals surface area contributed by atoms with E-state index >= 15 is 0 Å². The normalized spacial score (nSPS) is 14.0. The van der Waals surface area contributed by atoms with Gasteiger partial charge in [0.2, 0.25) is 11.8 Å². The van der Waals surface area contributed by atoms with Crippen molar-refractivity contribution in [2.45, 2.75) is 112 Å². The summed E-state index contributed by atoms with van der Waals surface area (Å²) < 4.78 is 2.63. The highest BCUT2D eigenvalue weighted by molar-refractivity contribution is 7.78. The van der Waals surface area contributed by atoms with Crippen LogP contribution in [0.3, 0.4) is 0 Å².